The minimum absolute atomic E-state index is 0.101. The van der Waals surface area contributed by atoms with Crippen LogP contribution in [0.1, 0.15) is 5.56 Å². The Morgan fingerprint density at radius 1 is 1.57 bits per heavy atom. The summed E-state index contributed by atoms with van der Waals surface area (Å²) < 4.78 is 12.6. The standard InChI is InChI=1S/C9H12FN3O/c10-7-2-1-6(5-8(7)14)3-4-13-9(11)12/h1-2,5,14H,3-4H2,(H4,11,12,13)/i10-1. The van der Waals surface area contributed by atoms with Gasteiger partial charge in [-0.15, -0.1) is 0 Å². The molecule has 0 bridgehead atoms. The molecule has 1 aromatic carbocycles. The van der Waals surface area contributed by atoms with Gasteiger partial charge in [-0.2, -0.15) is 0 Å². The van der Waals surface area contributed by atoms with Crippen molar-refractivity contribution >= 4 is 5.96 Å². The number of phenols is 1. The van der Waals surface area contributed by atoms with Gasteiger partial charge in [0.2, 0.25) is 0 Å². The zero-order valence-electron chi connectivity index (χ0n) is 7.55. The lowest BCUT2D eigenvalue weighted by Gasteiger charge is -2.04. The molecule has 5 N–H and O–H groups in total. The van der Waals surface area contributed by atoms with E-state index in [0.29, 0.717) is 13.0 Å². The van der Waals surface area contributed by atoms with Crippen LogP contribution in [-0.2, 0) is 6.42 Å². The largest absolute Gasteiger partial charge is 0.505 e. The van der Waals surface area contributed by atoms with Gasteiger partial charge >= 0.3 is 0 Å². The molecular weight excluding hydrogens is 184 g/mol. The second-order valence-electron chi connectivity index (χ2n) is 2.88. The minimum atomic E-state index is -0.631. The molecular formula is C9H12FN3O. The molecule has 0 aliphatic heterocycles. The van der Waals surface area contributed by atoms with Crippen LogP contribution in [0.25, 0.3) is 0 Å². The van der Waals surface area contributed by atoms with E-state index in [4.69, 9.17) is 16.2 Å². The first kappa shape index (κ1) is 10.3. The lowest BCUT2D eigenvalue weighted by molar-refractivity contribution is 0.431. The molecule has 0 heterocycles. The van der Waals surface area contributed by atoms with Crippen LogP contribution >= 0.6 is 0 Å². The number of hydrogen-bond acceptors (Lipinski definition) is 2. The van der Waals surface area contributed by atoms with Gasteiger partial charge in [0.1, 0.15) is 0 Å². The summed E-state index contributed by atoms with van der Waals surface area (Å²) >= 11 is 0. The number of halogens is 1. The normalized spacial score (nSPS) is 9.79. The van der Waals surface area contributed by atoms with E-state index in [1.807, 2.05) is 0 Å². The molecule has 76 valence electrons. The fourth-order valence-electron chi connectivity index (χ4n) is 1.06. The number of nitrogens with two attached hydrogens (primary N) is 1. The van der Waals surface area contributed by atoms with E-state index >= 15 is 0 Å². The second kappa shape index (κ2) is 4.45. The number of aromatic hydroxyl groups is 1. The van der Waals surface area contributed by atoms with Crippen molar-refractivity contribution in [2.45, 2.75) is 6.42 Å². The van der Waals surface area contributed by atoms with E-state index in [9.17, 15) is 4.39 Å². The number of guanidine groups is 1. The molecule has 0 spiro atoms. The molecule has 0 amide bonds. The molecule has 0 unspecified atom stereocenters. The molecule has 5 heteroatoms. The van der Waals surface area contributed by atoms with Gasteiger partial charge in [-0.3, -0.25) is 5.41 Å². The van der Waals surface area contributed by atoms with Crippen LogP contribution in [0.2, 0.25) is 0 Å². The first-order valence-electron chi connectivity index (χ1n) is 4.15. The number of benzene rings is 1. The first-order valence-corrected chi connectivity index (χ1v) is 4.15. The zero-order chi connectivity index (χ0) is 10.6. The van der Waals surface area contributed by atoms with Crippen molar-refractivity contribution in [3.05, 3.63) is 29.6 Å². The van der Waals surface area contributed by atoms with E-state index in [2.05, 4.69) is 5.32 Å². The minimum Gasteiger partial charge on any atom is -0.505 e. The monoisotopic (exact) mass is 196 g/mol. The van der Waals surface area contributed by atoms with Crippen LogP contribution in [-0.4, -0.2) is 17.6 Å². The van der Waals surface area contributed by atoms with Crippen LogP contribution in [0, 0.1) is 11.2 Å². The summed E-state index contributed by atoms with van der Waals surface area (Å²) in [7, 11) is 0. The number of phenolic OH excluding ortho intramolecular Hbond substituents is 1. The van der Waals surface area contributed by atoms with Crippen LogP contribution in [0.15, 0.2) is 18.2 Å². The van der Waals surface area contributed by atoms with Crippen molar-refractivity contribution in [3.8, 4) is 5.75 Å². The first-order chi connectivity index (χ1) is 6.59. The lowest BCUT2D eigenvalue weighted by Crippen LogP contribution is -2.31. The smallest absolute Gasteiger partial charge is 0.185 e. The second-order valence-corrected chi connectivity index (χ2v) is 2.88. The van der Waals surface area contributed by atoms with Gasteiger partial charge in [0.25, 0.3) is 0 Å². The molecule has 0 saturated heterocycles. The Morgan fingerprint density at radius 2 is 2.29 bits per heavy atom. The molecule has 1 aromatic rings. The van der Waals surface area contributed by atoms with Crippen LogP contribution < -0.4 is 11.1 Å². The topological polar surface area (TPSA) is 82.1 Å². The summed E-state index contributed by atoms with van der Waals surface area (Å²) in [6.07, 6.45) is 0.577. The van der Waals surface area contributed by atoms with Crippen molar-refractivity contribution in [2.75, 3.05) is 6.54 Å². The van der Waals surface area contributed by atoms with Crippen LogP contribution in [0.3, 0.4) is 0 Å². The number of rotatable bonds is 3. The maximum atomic E-state index is 12.6. The van der Waals surface area contributed by atoms with Gasteiger partial charge in [-0.1, -0.05) is 6.07 Å². The van der Waals surface area contributed by atoms with Crippen molar-refractivity contribution < 1.29 is 9.50 Å². The molecule has 0 aromatic heterocycles. The number of hydrogen-bond donors (Lipinski definition) is 4. The summed E-state index contributed by atoms with van der Waals surface area (Å²) in [4.78, 5) is 0. The number of nitrogens with one attached hydrogen (secondary N) is 2. The summed E-state index contributed by atoms with van der Waals surface area (Å²) in [6, 6.07) is 4.15. The predicted molar refractivity (Wildman–Crippen MR) is 51.7 cm³/mol. The third kappa shape index (κ3) is 2.93. The highest BCUT2D eigenvalue weighted by Gasteiger charge is 2.00. The van der Waals surface area contributed by atoms with Gasteiger partial charge in [-0.05, 0) is 24.1 Å². The molecule has 0 fully saturated rings. The highest BCUT2D eigenvalue weighted by Crippen LogP contribution is 2.16. The third-order valence-corrected chi connectivity index (χ3v) is 1.74. The molecule has 0 atom stereocenters. The quantitative estimate of drug-likeness (QED) is 0.421. The van der Waals surface area contributed by atoms with Gasteiger partial charge in [-0.25, -0.2) is 4.39 Å². The molecule has 0 aliphatic rings. The Morgan fingerprint density at radius 3 is 2.86 bits per heavy atom. The summed E-state index contributed by atoms with van der Waals surface area (Å²) in [5, 5.41) is 18.6. The van der Waals surface area contributed by atoms with Crippen molar-refractivity contribution in [1.29, 1.82) is 5.41 Å². The highest BCUT2D eigenvalue weighted by atomic mass is 18.2. The Labute approximate surface area is 81.1 Å². The lowest BCUT2D eigenvalue weighted by atomic mass is 10.1. The Kier molecular flexibility index (Phi) is 3.28. The fourth-order valence-corrected chi connectivity index (χ4v) is 1.06. The molecule has 0 radical (unpaired) electrons. The van der Waals surface area contributed by atoms with Gasteiger partial charge in [0.05, 0.1) is 0 Å². The molecule has 4 nitrogen and oxygen atoms in total. The van der Waals surface area contributed by atoms with E-state index < -0.39 is 5.82 Å². The van der Waals surface area contributed by atoms with Gasteiger partial charge in [0.15, 0.2) is 17.5 Å². The van der Waals surface area contributed by atoms with Crippen molar-refractivity contribution in [3.63, 3.8) is 0 Å². The molecule has 1 rings (SSSR count). The van der Waals surface area contributed by atoms with Crippen LogP contribution in [0.4, 0.5) is 4.39 Å². The van der Waals surface area contributed by atoms with Crippen LogP contribution in [0.5, 0.6) is 5.75 Å². The molecule has 0 aliphatic carbocycles. The van der Waals surface area contributed by atoms with Crippen molar-refractivity contribution in [2.24, 2.45) is 5.73 Å². The van der Waals surface area contributed by atoms with E-state index in [1.165, 1.54) is 12.1 Å². The predicted octanol–water partition coefficient (Wildman–Crippen LogP) is 0.557. The summed E-state index contributed by atoms with van der Waals surface area (Å²) in [5.41, 5.74) is 5.86. The van der Waals surface area contributed by atoms with Crippen molar-refractivity contribution in [1.82, 2.24) is 5.32 Å². The average molecular weight is 196 g/mol. The van der Waals surface area contributed by atoms with E-state index in [1.54, 1.807) is 6.07 Å². The van der Waals surface area contributed by atoms with E-state index in [-0.39, 0.29) is 11.7 Å². The summed E-state index contributed by atoms with van der Waals surface area (Å²) in [5.74, 6) is -1.09. The fraction of sp³-hybridized carbons (Fsp3) is 0.222. The molecule has 14 heavy (non-hydrogen) atoms. The maximum Gasteiger partial charge on any atom is 0.185 e. The zero-order valence-corrected chi connectivity index (χ0v) is 7.55. The highest BCUT2D eigenvalue weighted by molar-refractivity contribution is 5.74. The Balaban J connectivity index is 2.51. The Hall–Kier alpha value is -1.78. The summed E-state index contributed by atoms with van der Waals surface area (Å²) in [6.45, 7) is 0.487. The molecule has 0 saturated carbocycles. The van der Waals surface area contributed by atoms with Gasteiger partial charge < -0.3 is 16.2 Å². The average Bonchev–Trinajstić information content (AvgIpc) is 2.10. The third-order valence-electron chi connectivity index (χ3n) is 1.74. The maximum absolute atomic E-state index is 12.6. The van der Waals surface area contributed by atoms with Gasteiger partial charge in [0, 0.05) is 6.54 Å². The SMILES string of the molecule is N=C(N)NCCc1ccc([18F])c(O)c1. The van der Waals surface area contributed by atoms with E-state index in [0.717, 1.165) is 5.56 Å². The Bertz CT molecular complexity index is 341.